The van der Waals surface area contributed by atoms with E-state index in [0.29, 0.717) is 5.57 Å². The molecule has 0 aromatic carbocycles. The highest BCUT2D eigenvalue weighted by Gasteiger charge is 2.36. The van der Waals surface area contributed by atoms with Crippen molar-refractivity contribution in [2.45, 2.75) is 44.5 Å². The summed E-state index contributed by atoms with van der Waals surface area (Å²) in [6.45, 7) is 4.57. The van der Waals surface area contributed by atoms with E-state index < -0.39 is 23.1 Å². The lowest BCUT2D eigenvalue weighted by Gasteiger charge is -2.29. The highest BCUT2D eigenvalue weighted by molar-refractivity contribution is 5.98. The highest BCUT2D eigenvalue weighted by Crippen LogP contribution is 2.26. The van der Waals surface area contributed by atoms with Crippen LogP contribution in [-0.2, 0) is 4.79 Å². The molecule has 2 atom stereocenters. The summed E-state index contributed by atoms with van der Waals surface area (Å²) in [6.07, 6.45) is 3.32. The van der Waals surface area contributed by atoms with Gasteiger partial charge in [0.05, 0.1) is 11.7 Å². The zero-order valence-corrected chi connectivity index (χ0v) is 9.77. The first kappa shape index (κ1) is 13.1. The molecule has 0 fully saturated rings. The smallest absolute Gasteiger partial charge is 0.187 e. The molecule has 0 spiro atoms. The van der Waals surface area contributed by atoms with Crippen LogP contribution in [0.5, 0.6) is 0 Å². The van der Waals surface area contributed by atoms with E-state index in [1.54, 1.807) is 13.8 Å². The Labute approximate surface area is 94.9 Å². The number of hydrogen-bond donors (Lipinski definition) is 3. The van der Waals surface area contributed by atoms with Crippen molar-refractivity contribution in [1.82, 2.24) is 0 Å². The number of aliphatic hydroxyl groups is 3. The zero-order chi connectivity index (χ0) is 12.6. The summed E-state index contributed by atoms with van der Waals surface area (Å²) in [5, 5.41) is 28.8. The third kappa shape index (κ3) is 3.27. The average molecular weight is 226 g/mol. The van der Waals surface area contributed by atoms with Gasteiger partial charge >= 0.3 is 0 Å². The van der Waals surface area contributed by atoms with E-state index in [9.17, 15) is 20.1 Å². The van der Waals surface area contributed by atoms with Gasteiger partial charge in [-0.25, -0.2) is 0 Å². The van der Waals surface area contributed by atoms with E-state index in [1.807, 2.05) is 0 Å². The molecule has 0 radical (unpaired) electrons. The van der Waals surface area contributed by atoms with E-state index in [1.165, 1.54) is 25.2 Å². The minimum atomic E-state index is -1.49. The van der Waals surface area contributed by atoms with Gasteiger partial charge in [-0.1, -0.05) is 12.2 Å². The van der Waals surface area contributed by atoms with Crippen LogP contribution in [0.1, 0.15) is 27.2 Å². The molecule has 0 heterocycles. The summed E-state index contributed by atoms with van der Waals surface area (Å²) in [5.41, 5.74) is -2.08. The molecule has 1 aliphatic rings. The number of ketones is 1. The number of hydrogen-bond acceptors (Lipinski definition) is 4. The summed E-state index contributed by atoms with van der Waals surface area (Å²) >= 11 is 0. The van der Waals surface area contributed by atoms with Gasteiger partial charge < -0.3 is 15.3 Å². The summed E-state index contributed by atoms with van der Waals surface area (Å²) in [5.74, 6) is -0.423. The van der Waals surface area contributed by atoms with Crippen LogP contribution in [0.15, 0.2) is 23.8 Å². The van der Waals surface area contributed by atoms with Crippen molar-refractivity contribution in [3.63, 3.8) is 0 Å². The van der Waals surface area contributed by atoms with Crippen molar-refractivity contribution in [3.8, 4) is 0 Å². The quantitative estimate of drug-likeness (QED) is 0.634. The number of carbonyl (C=O) groups is 1. The van der Waals surface area contributed by atoms with Crippen LogP contribution in [0.2, 0.25) is 0 Å². The Morgan fingerprint density at radius 1 is 1.56 bits per heavy atom. The van der Waals surface area contributed by atoms with E-state index in [-0.39, 0.29) is 6.42 Å². The first-order chi connectivity index (χ1) is 7.12. The Morgan fingerprint density at radius 3 is 2.62 bits per heavy atom. The molecule has 4 nitrogen and oxygen atoms in total. The van der Waals surface area contributed by atoms with Crippen LogP contribution in [0.3, 0.4) is 0 Å². The highest BCUT2D eigenvalue weighted by atomic mass is 16.3. The average Bonchev–Trinajstić information content (AvgIpc) is 2.07. The van der Waals surface area contributed by atoms with E-state index >= 15 is 0 Å². The Hall–Kier alpha value is -0.970. The molecule has 1 rings (SSSR count). The first-order valence-electron chi connectivity index (χ1n) is 5.20. The van der Waals surface area contributed by atoms with Crippen LogP contribution in [0, 0.1) is 0 Å². The molecule has 0 aliphatic heterocycles. The molecule has 0 aromatic rings. The van der Waals surface area contributed by atoms with Gasteiger partial charge in [-0.3, -0.25) is 4.79 Å². The molecule has 0 aromatic heterocycles. The van der Waals surface area contributed by atoms with Crippen molar-refractivity contribution in [2.24, 2.45) is 0 Å². The van der Waals surface area contributed by atoms with Crippen molar-refractivity contribution in [2.75, 3.05) is 0 Å². The van der Waals surface area contributed by atoms with Crippen molar-refractivity contribution in [1.29, 1.82) is 0 Å². The van der Waals surface area contributed by atoms with Crippen LogP contribution in [0.25, 0.3) is 0 Å². The van der Waals surface area contributed by atoms with Crippen molar-refractivity contribution >= 4 is 5.78 Å². The van der Waals surface area contributed by atoms with Crippen LogP contribution >= 0.6 is 0 Å². The maximum Gasteiger partial charge on any atom is 0.187 e. The van der Waals surface area contributed by atoms with Crippen molar-refractivity contribution < 1.29 is 20.1 Å². The summed E-state index contributed by atoms with van der Waals surface area (Å²) in [7, 11) is 0. The minimum absolute atomic E-state index is 0.0200. The summed E-state index contributed by atoms with van der Waals surface area (Å²) in [4.78, 5) is 11.5. The largest absolute Gasteiger partial charge is 0.388 e. The Kier molecular flexibility index (Phi) is 3.38. The van der Waals surface area contributed by atoms with Gasteiger partial charge in [0, 0.05) is 6.42 Å². The number of carbonyl (C=O) groups excluding carboxylic acids is 1. The monoisotopic (exact) mass is 226 g/mol. The van der Waals surface area contributed by atoms with Gasteiger partial charge in [0.1, 0.15) is 5.60 Å². The van der Waals surface area contributed by atoms with E-state index in [0.717, 1.165) is 0 Å². The van der Waals surface area contributed by atoms with Gasteiger partial charge in [-0.05, 0) is 32.4 Å². The maximum atomic E-state index is 11.5. The molecule has 0 bridgehead atoms. The topological polar surface area (TPSA) is 77.8 Å². The van der Waals surface area contributed by atoms with Crippen LogP contribution in [-0.4, -0.2) is 38.4 Å². The normalized spacial score (nSPS) is 32.0. The molecular formula is C12H18O4. The van der Waals surface area contributed by atoms with Gasteiger partial charge in [-0.15, -0.1) is 0 Å². The molecule has 0 saturated heterocycles. The zero-order valence-electron chi connectivity index (χ0n) is 9.77. The lowest BCUT2D eigenvalue weighted by atomic mass is 9.83. The van der Waals surface area contributed by atoms with Gasteiger partial charge in [0.15, 0.2) is 5.78 Å². The standard InChI is InChI=1S/C12H18O4/c1-11(2,15)5-4-8-6-10(14)12(3,16)7-9(8)13/h4-6,9,13,15-16H,7H2,1-3H3/b5-4+/t9-,12+/m1/s1. The molecule has 90 valence electrons. The number of aliphatic hydroxyl groups excluding tert-OH is 1. The lowest BCUT2D eigenvalue weighted by molar-refractivity contribution is -0.134. The van der Waals surface area contributed by atoms with E-state index in [4.69, 9.17) is 0 Å². The van der Waals surface area contributed by atoms with Gasteiger partial charge in [-0.2, -0.15) is 0 Å². The minimum Gasteiger partial charge on any atom is -0.388 e. The Balaban J connectivity index is 2.91. The predicted octanol–water partition coefficient (Wildman–Crippen LogP) is 0.325. The van der Waals surface area contributed by atoms with Crippen molar-refractivity contribution in [3.05, 3.63) is 23.8 Å². The molecule has 4 heteroatoms. The van der Waals surface area contributed by atoms with Gasteiger partial charge in [0.2, 0.25) is 0 Å². The first-order valence-corrected chi connectivity index (χ1v) is 5.20. The second-order valence-electron chi connectivity index (χ2n) is 4.99. The summed E-state index contributed by atoms with van der Waals surface area (Å²) in [6, 6.07) is 0. The molecule has 1 aliphatic carbocycles. The molecule has 0 unspecified atom stereocenters. The van der Waals surface area contributed by atoms with Crippen LogP contribution in [0.4, 0.5) is 0 Å². The summed E-state index contributed by atoms with van der Waals surface area (Å²) < 4.78 is 0. The maximum absolute atomic E-state index is 11.5. The SMILES string of the molecule is CC(C)(O)/C=C/C1=CC(=O)[C@@](C)(O)C[C@H]1O. The van der Waals surface area contributed by atoms with Crippen LogP contribution < -0.4 is 0 Å². The molecular weight excluding hydrogens is 208 g/mol. The third-order valence-corrected chi connectivity index (χ3v) is 2.49. The second kappa shape index (κ2) is 4.13. The third-order valence-electron chi connectivity index (χ3n) is 2.49. The lowest BCUT2D eigenvalue weighted by Crippen LogP contribution is -2.41. The molecule has 0 saturated carbocycles. The fourth-order valence-electron chi connectivity index (χ4n) is 1.46. The predicted molar refractivity (Wildman–Crippen MR) is 59.8 cm³/mol. The number of rotatable bonds is 2. The van der Waals surface area contributed by atoms with E-state index in [2.05, 4.69) is 0 Å². The molecule has 16 heavy (non-hydrogen) atoms. The van der Waals surface area contributed by atoms with Gasteiger partial charge in [0.25, 0.3) is 0 Å². The fourth-order valence-corrected chi connectivity index (χ4v) is 1.46. The molecule has 0 amide bonds. The Bertz CT molecular complexity index is 345. The fraction of sp³-hybridized carbons (Fsp3) is 0.583. The second-order valence-corrected chi connectivity index (χ2v) is 4.99. The molecule has 3 N–H and O–H groups in total. The Morgan fingerprint density at radius 2 is 2.12 bits per heavy atom.